The van der Waals surface area contributed by atoms with Crippen molar-refractivity contribution in [2.24, 2.45) is 0 Å². The van der Waals surface area contributed by atoms with Gasteiger partial charge in [-0.05, 0) is 12.1 Å². The Labute approximate surface area is 122 Å². The van der Waals surface area contributed by atoms with Crippen LogP contribution in [0.5, 0.6) is 0 Å². The van der Waals surface area contributed by atoms with Crippen molar-refractivity contribution in [3.8, 4) is 11.4 Å². The van der Waals surface area contributed by atoms with E-state index in [0.717, 1.165) is 10.0 Å². The third kappa shape index (κ3) is 4.36. The first-order valence-corrected chi connectivity index (χ1v) is 7.48. The summed E-state index contributed by atoms with van der Waals surface area (Å²) in [5.74, 6) is 1.30. The molecular weight excluding hydrogens is 332 g/mol. The number of halogens is 1. The smallest absolute Gasteiger partial charge is 0.304 e. The molecule has 0 fully saturated rings. The van der Waals surface area contributed by atoms with E-state index >= 15 is 0 Å². The number of carbonyl (C=O) groups is 1. The Hall–Kier alpha value is -1.34. The highest BCUT2D eigenvalue weighted by molar-refractivity contribution is 9.10. The summed E-state index contributed by atoms with van der Waals surface area (Å²) in [7, 11) is 0. The van der Waals surface area contributed by atoms with Crippen LogP contribution in [0.15, 0.2) is 33.3 Å². The summed E-state index contributed by atoms with van der Waals surface area (Å²) in [4.78, 5) is 14.6. The van der Waals surface area contributed by atoms with Gasteiger partial charge in [0.15, 0.2) is 0 Å². The van der Waals surface area contributed by atoms with E-state index in [-0.39, 0.29) is 6.42 Å². The van der Waals surface area contributed by atoms with Gasteiger partial charge in [0.2, 0.25) is 11.7 Å². The molecule has 1 heterocycles. The zero-order chi connectivity index (χ0) is 13.7. The summed E-state index contributed by atoms with van der Waals surface area (Å²) in [6.45, 7) is 0. The number of hydrogen-bond donors (Lipinski definition) is 1. The van der Waals surface area contributed by atoms with Crippen molar-refractivity contribution in [1.29, 1.82) is 0 Å². The summed E-state index contributed by atoms with van der Waals surface area (Å²) in [5, 5.41) is 12.4. The molecule has 1 N–H and O–H groups in total. The lowest BCUT2D eigenvalue weighted by Crippen LogP contribution is -1.96. The van der Waals surface area contributed by atoms with Gasteiger partial charge in [0.1, 0.15) is 0 Å². The zero-order valence-electron chi connectivity index (χ0n) is 9.88. The number of aliphatic carboxylic acids is 1. The molecule has 19 heavy (non-hydrogen) atoms. The molecule has 100 valence electrons. The Morgan fingerprint density at radius 2 is 2.32 bits per heavy atom. The average molecular weight is 343 g/mol. The molecule has 0 amide bonds. The molecule has 0 unspecified atom stereocenters. The molecule has 0 atom stereocenters. The number of carboxylic acid groups (broad SMARTS) is 1. The summed E-state index contributed by atoms with van der Waals surface area (Å²) < 4.78 is 6.07. The molecule has 0 saturated carbocycles. The fraction of sp³-hybridized carbons (Fsp3) is 0.250. The van der Waals surface area contributed by atoms with Gasteiger partial charge in [-0.2, -0.15) is 16.7 Å². The Balaban J connectivity index is 1.94. The largest absolute Gasteiger partial charge is 0.481 e. The maximum Gasteiger partial charge on any atom is 0.304 e. The summed E-state index contributed by atoms with van der Waals surface area (Å²) in [6.07, 6.45) is 0.136. The fourth-order valence-corrected chi connectivity index (χ4v) is 2.53. The minimum atomic E-state index is -0.798. The highest BCUT2D eigenvalue weighted by Gasteiger charge is 2.09. The van der Waals surface area contributed by atoms with E-state index in [9.17, 15) is 4.79 Å². The quantitative estimate of drug-likeness (QED) is 0.812. The van der Waals surface area contributed by atoms with Crippen LogP contribution < -0.4 is 0 Å². The second-order valence-electron chi connectivity index (χ2n) is 3.72. The monoisotopic (exact) mass is 342 g/mol. The van der Waals surface area contributed by atoms with Crippen LogP contribution in [0.2, 0.25) is 0 Å². The van der Waals surface area contributed by atoms with Crippen LogP contribution in [-0.4, -0.2) is 27.0 Å². The van der Waals surface area contributed by atoms with Gasteiger partial charge in [0.25, 0.3) is 0 Å². The molecule has 2 rings (SSSR count). The van der Waals surface area contributed by atoms with Crippen LogP contribution in [0.4, 0.5) is 0 Å². The minimum absolute atomic E-state index is 0.136. The minimum Gasteiger partial charge on any atom is -0.481 e. The molecule has 7 heteroatoms. The van der Waals surface area contributed by atoms with Crippen molar-refractivity contribution in [1.82, 2.24) is 10.1 Å². The third-order valence-corrected chi connectivity index (χ3v) is 3.67. The van der Waals surface area contributed by atoms with Gasteiger partial charge in [-0.25, -0.2) is 0 Å². The number of carboxylic acids is 1. The lowest BCUT2D eigenvalue weighted by atomic mass is 10.2. The molecule has 0 aliphatic rings. The van der Waals surface area contributed by atoms with E-state index in [1.807, 2.05) is 24.3 Å². The first-order valence-electron chi connectivity index (χ1n) is 5.53. The lowest BCUT2D eigenvalue weighted by molar-refractivity contribution is -0.136. The maximum atomic E-state index is 10.4. The normalized spacial score (nSPS) is 10.6. The highest BCUT2D eigenvalue weighted by atomic mass is 79.9. The summed E-state index contributed by atoms with van der Waals surface area (Å²) >= 11 is 4.85. The Morgan fingerprint density at radius 3 is 3.05 bits per heavy atom. The van der Waals surface area contributed by atoms with Crippen molar-refractivity contribution >= 4 is 33.7 Å². The molecule has 0 bridgehead atoms. The summed E-state index contributed by atoms with van der Waals surface area (Å²) in [5.41, 5.74) is 0.875. The van der Waals surface area contributed by atoms with E-state index in [1.165, 1.54) is 11.8 Å². The molecule has 0 saturated heterocycles. The van der Waals surface area contributed by atoms with E-state index in [1.54, 1.807) is 0 Å². The molecule has 0 spiro atoms. The van der Waals surface area contributed by atoms with E-state index in [2.05, 4.69) is 26.1 Å². The summed E-state index contributed by atoms with van der Waals surface area (Å²) in [6, 6.07) is 7.63. The molecular formula is C12H11BrN2O3S. The number of benzene rings is 1. The second kappa shape index (κ2) is 6.72. The number of aromatic nitrogens is 2. The predicted molar refractivity (Wildman–Crippen MR) is 75.8 cm³/mol. The van der Waals surface area contributed by atoms with Gasteiger partial charge < -0.3 is 9.63 Å². The molecule has 0 aliphatic heterocycles. The number of hydrogen-bond acceptors (Lipinski definition) is 5. The Bertz CT molecular complexity index is 574. The second-order valence-corrected chi connectivity index (χ2v) is 5.74. The number of thioether (sulfide) groups is 1. The van der Waals surface area contributed by atoms with Crippen LogP contribution in [0.3, 0.4) is 0 Å². The van der Waals surface area contributed by atoms with Gasteiger partial charge in [-0.15, -0.1) is 0 Å². The topological polar surface area (TPSA) is 76.2 Å². The lowest BCUT2D eigenvalue weighted by Gasteiger charge is -1.94. The van der Waals surface area contributed by atoms with Crippen LogP contribution in [0, 0.1) is 0 Å². The van der Waals surface area contributed by atoms with Crippen molar-refractivity contribution in [2.45, 2.75) is 12.2 Å². The molecule has 2 aromatic rings. The Morgan fingerprint density at radius 1 is 1.47 bits per heavy atom. The van der Waals surface area contributed by atoms with Gasteiger partial charge in [-0.1, -0.05) is 33.2 Å². The van der Waals surface area contributed by atoms with Crippen molar-refractivity contribution in [2.75, 3.05) is 5.75 Å². The Kier molecular flexibility index (Phi) is 4.98. The predicted octanol–water partition coefficient (Wildman–Crippen LogP) is 3.21. The molecule has 5 nitrogen and oxygen atoms in total. The fourth-order valence-electron chi connectivity index (χ4n) is 1.38. The standard InChI is InChI=1S/C12H11BrN2O3S/c13-9-3-1-2-8(6-9)12-14-10(18-15-12)7-19-5-4-11(16)17/h1-3,6H,4-5,7H2,(H,16,17). The first-order chi connectivity index (χ1) is 9.15. The average Bonchev–Trinajstić information content (AvgIpc) is 2.83. The number of rotatable bonds is 6. The van der Waals surface area contributed by atoms with Gasteiger partial charge in [0, 0.05) is 15.8 Å². The molecule has 0 radical (unpaired) electrons. The van der Waals surface area contributed by atoms with E-state index < -0.39 is 5.97 Å². The van der Waals surface area contributed by atoms with Gasteiger partial charge in [0.05, 0.1) is 12.2 Å². The highest BCUT2D eigenvalue weighted by Crippen LogP contribution is 2.21. The van der Waals surface area contributed by atoms with Crippen molar-refractivity contribution < 1.29 is 14.4 Å². The SMILES string of the molecule is O=C(O)CCSCc1nc(-c2cccc(Br)c2)no1. The molecule has 1 aromatic carbocycles. The molecule has 0 aliphatic carbocycles. The van der Waals surface area contributed by atoms with Gasteiger partial charge >= 0.3 is 5.97 Å². The number of nitrogens with zero attached hydrogens (tertiary/aromatic N) is 2. The van der Waals surface area contributed by atoms with Crippen LogP contribution >= 0.6 is 27.7 Å². The van der Waals surface area contributed by atoms with Crippen LogP contribution in [-0.2, 0) is 10.5 Å². The molecule has 1 aromatic heterocycles. The van der Waals surface area contributed by atoms with E-state index in [4.69, 9.17) is 9.63 Å². The van der Waals surface area contributed by atoms with Crippen molar-refractivity contribution in [3.05, 3.63) is 34.6 Å². The maximum absolute atomic E-state index is 10.4. The van der Waals surface area contributed by atoms with E-state index in [0.29, 0.717) is 23.2 Å². The zero-order valence-corrected chi connectivity index (χ0v) is 12.3. The third-order valence-electron chi connectivity index (χ3n) is 2.24. The van der Waals surface area contributed by atoms with Gasteiger partial charge in [-0.3, -0.25) is 4.79 Å². The van der Waals surface area contributed by atoms with Crippen LogP contribution in [0.1, 0.15) is 12.3 Å². The van der Waals surface area contributed by atoms with Crippen LogP contribution in [0.25, 0.3) is 11.4 Å². The first kappa shape index (κ1) is 14.1. The van der Waals surface area contributed by atoms with Crippen molar-refractivity contribution in [3.63, 3.8) is 0 Å².